The van der Waals surface area contributed by atoms with Crippen LogP contribution < -0.4 is 0 Å². The van der Waals surface area contributed by atoms with Crippen LogP contribution in [0.4, 0.5) is 0 Å². The minimum Gasteiger partial charge on any atom is -0.190 e. The van der Waals surface area contributed by atoms with Crippen LogP contribution in [0.3, 0.4) is 0 Å². The van der Waals surface area contributed by atoms with E-state index in [9.17, 15) is 0 Å². The number of nitrogens with zero attached hydrogens (tertiary/aromatic N) is 2. The van der Waals surface area contributed by atoms with Crippen molar-refractivity contribution >= 4 is 5.57 Å². The highest BCUT2D eigenvalue weighted by molar-refractivity contribution is 5.67. The molecule has 1 aromatic rings. The molecule has 60 valence electrons. The van der Waals surface area contributed by atoms with Gasteiger partial charge in [0.25, 0.3) is 0 Å². The van der Waals surface area contributed by atoms with Crippen LogP contribution in [0.1, 0.15) is 5.56 Å². The maximum absolute atomic E-state index is 3.99. The molecule has 1 heterocycles. The van der Waals surface area contributed by atoms with Gasteiger partial charge in [0.15, 0.2) is 0 Å². The molecule has 0 radical (unpaired) electrons. The summed E-state index contributed by atoms with van der Waals surface area (Å²) in [7, 11) is 0. The van der Waals surface area contributed by atoms with Gasteiger partial charge in [-0.15, -0.1) is 0 Å². The molecule has 1 aliphatic rings. The smallest absolute Gasteiger partial charge is 0.0852 e. The molecule has 0 aliphatic carbocycles. The lowest BCUT2D eigenvalue weighted by atomic mass is 10.1. The predicted octanol–water partition coefficient (Wildman–Crippen LogP) is 2.54. The van der Waals surface area contributed by atoms with E-state index in [0.717, 1.165) is 13.1 Å². The molecule has 0 spiro atoms. The maximum Gasteiger partial charge on any atom is 0.0852 e. The molecule has 0 atom stereocenters. The summed E-state index contributed by atoms with van der Waals surface area (Å²) >= 11 is 0. The first kappa shape index (κ1) is 7.22. The molecule has 0 N–H and O–H groups in total. The van der Waals surface area contributed by atoms with Gasteiger partial charge < -0.3 is 0 Å². The van der Waals surface area contributed by atoms with E-state index in [0.29, 0.717) is 0 Å². The Morgan fingerprint density at radius 1 is 1.00 bits per heavy atom. The van der Waals surface area contributed by atoms with Crippen LogP contribution in [-0.2, 0) is 0 Å². The van der Waals surface area contributed by atoms with Gasteiger partial charge in [-0.1, -0.05) is 36.4 Å². The van der Waals surface area contributed by atoms with E-state index in [2.05, 4.69) is 28.4 Å². The second-order valence-electron chi connectivity index (χ2n) is 2.72. The van der Waals surface area contributed by atoms with E-state index >= 15 is 0 Å². The van der Waals surface area contributed by atoms with Gasteiger partial charge in [0.2, 0.25) is 0 Å². The zero-order chi connectivity index (χ0) is 8.23. The number of hydrogen-bond donors (Lipinski definition) is 0. The third kappa shape index (κ3) is 1.42. The monoisotopic (exact) mass is 158 g/mol. The van der Waals surface area contributed by atoms with E-state index in [1.807, 2.05) is 18.2 Å². The van der Waals surface area contributed by atoms with E-state index in [4.69, 9.17) is 0 Å². The minimum atomic E-state index is 0.726. The molecule has 2 nitrogen and oxygen atoms in total. The molecule has 0 saturated carbocycles. The normalized spacial score (nSPS) is 15.8. The van der Waals surface area contributed by atoms with Crippen LogP contribution in [0, 0.1) is 0 Å². The summed E-state index contributed by atoms with van der Waals surface area (Å²) in [6.07, 6.45) is 2.13. The van der Waals surface area contributed by atoms with Crippen molar-refractivity contribution in [2.24, 2.45) is 10.2 Å². The fourth-order valence-electron chi connectivity index (χ4n) is 1.26. The van der Waals surface area contributed by atoms with Crippen molar-refractivity contribution in [3.63, 3.8) is 0 Å². The number of hydrogen-bond acceptors (Lipinski definition) is 2. The Labute approximate surface area is 71.6 Å². The molecule has 0 amide bonds. The average molecular weight is 158 g/mol. The summed E-state index contributed by atoms with van der Waals surface area (Å²) in [5.41, 5.74) is 2.54. The Morgan fingerprint density at radius 2 is 1.83 bits per heavy atom. The van der Waals surface area contributed by atoms with Gasteiger partial charge in [0.1, 0.15) is 0 Å². The van der Waals surface area contributed by atoms with E-state index in [-0.39, 0.29) is 0 Å². The lowest BCUT2D eigenvalue weighted by molar-refractivity contribution is 0.951. The van der Waals surface area contributed by atoms with Crippen molar-refractivity contribution in [1.29, 1.82) is 0 Å². The molecule has 1 aromatic carbocycles. The van der Waals surface area contributed by atoms with E-state index < -0.39 is 0 Å². The predicted molar refractivity (Wildman–Crippen MR) is 49.0 cm³/mol. The van der Waals surface area contributed by atoms with Gasteiger partial charge in [0, 0.05) is 0 Å². The van der Waals surface area contributed by atoms with Crippen LogP contribution in [0.25, 0.3) is 5.57 Å². The van der Waals surface area contributed by atoms with E-state index in [1.54, 1.807) is 0 Å². The number of azo groups is 1. The summed E-state index contributed by atoms with van der Waals surface area (Å²) in [6, 6.07) is 10.3. The number of rotatable bonds is 1. The van der Waals surface area contributed by atoms with Crippen LogP contribution in [0.5, 0.6) is 0 Å². The highest BCUT2D eigenvalue weighted by Gasteiger charge is 2.01. The summed E-state index contributed by atoms with van der Waals surface area (Å²) in [5, 5.41) is 7.89. The van der Waals surface area contributed by atoms with Crippen molar-refractivity contribution < 1.29 is 0 Å². The first-order valence-electron chi connectivity index (χ1n) is 4.04. The van der Waals surface area contributed by atoms with Crippen molar-refractivity contribution in [2.45, 2.75) is 0 Å². The van der Waals surface area contributed by atoms with Gasteiger partial charge in [-0.25, -0.2) is 0 Å². The summed E-state index contributed by atoms with van der Waals surface area (Å²) in [5.74, 6) is 0. The molecule has 0 unspecified atom stereocenters. The molecule has 2 rings (SSSR count). The fourth-order valence-corrected chi connectivity index (χ4v) is 1.26. The van der Waals surface area contributed by atoms with E-state index in [1.165, 1.54) is 11.1 Å². The molecule has 0 saturated heterocycles. The Hall–Kier alpha value is -1.44. The maximum atomic E-state index is 3.99. The lowest BCUT2D eigenvalue weighted by Crippen LogP contribution is -1.94. The van der Waals surface area contributed by atoms with Crippen molar-refractivity contribution in [3.8, 4) is 0 Å². The summed E-state index contributed by atoms with van der Waals surface area (Å²) in [6.45, 7) is 1.45. The average Bonchev–Trinajstić information content (AvgIpc) is 2.21. The SMILES string of the molecule is C1=C(c2ccccc2)CN=NC1. The van der Waals surface area contributed by atoms with Gasteiger partial charge in [-0.2, -0.15) is 10.2 Å². The molecular formula is C10H10N2. The fraction of sp³-hybridized carbons (Fsp3) is 0.200. The van der Waals surface area contributed by atoms with Crippen molar-refractivity contribution in [1.82, 2.24) is 0 Å². The number of benzene rings is 1. The Bertz CT molecular complexity index is 312. The van der Waals surface area contributed by atoms with Crippen LogP contribution >= 0.6 is 0 Å². The van der Waals surface area contributed by atoms with Crippen molar-refractivity contribution in [2.75, 3.05) is 13.1 Å². The summed E-state index contributed by atoms with van der Waals surface area (Å²) in [4.78, 5) is 0. The molecule has 0 fully saturated rings. The minimum absolute atomic E-state index is 0.726. The zero-order valence-corrected chi connectivity index (χ0v) is 6.77. The third-order valence-electron chi connectivity index (χ3n) is 1.90. The zero-order valence-electron chi connectivity index (χ0n) is 6.77. The Kier molecular flexibility index (Phi) is 1.99. The highest BCUT2D eigenvalue weighted by Crippen LogP contribution is 2.16. The third-order valence-corrected chi connectivity index (χ3v) is 1.90. The summed E-state index contributed by atoms with van der Waals surface area (Å²) < 4.78 is 0. The van der Waals surface area contributed by atoms with Gasteiger partial charge >= 0.3 is 0 Å². The molecular weight excluding hydrogens is 148 g/mol. The second kappa shape index (κ2) is 3.30. The van der Waals surface area contributed by atoms with Crippen molar-refractivity contribution in [3.05, 3.63) is 42.0 Å². The van der Waals surface area contributed by atoms with Crippen LogP contribution in [-0.4, -0.2) is 13.1 Å². The topological polar surface area (TPSA) is 24.7 Å². The van der Waals surface area contributed by atoms with Gasteiger partial charge in [-0.05, 0) is 11.1 Å². The highest BCUT2D eigenvalue weighted by atomic mass is 15.1. The molecule has 0 bridgehead atoms. The largest absolute Gasteiger partial charge is 0.190 e. The Morgan fingerprint density at radius 3 is 2.50 bits per heavy atom. The van der Waals surface area contributed by atoms with Gasteiger partial charge in [0.05, 0.1) is 13.1 Å². The van der Waals surface area contributed by atoms with Gasteiger partial charge in [-0.3, -0.25) is 0 Å². The quantitative estimate of drug-likeness (QED) is 0.600. The molecule has 2 heteroatoms. The van der Waals surface area contributed by atoms with Crippen LogP contribution in [0.2, 0.25) is 0 Å². The molecule has 0 aromatic heterocycles. The second-order valence-corrected chi connectivity index (χ2v) is 2.72. The lowest BCUT2D eigenvalue weighted by Gasteiger charge is -2.06. The standard InChI is InChI=1S/C10H10N2/c1-2-4-9(5-3-1)10-6-7-11-12-8-10/h1-6H,7-8H2. The molecule has 1 aliphatic heterocycles. The first-order valence-corrected chi connectivity index (χ1v) is 4.04. The molecule has 12 heavy (non-hydrogen) atoms. The van der Waals surface area contributed by atoms with Crippen LogP contribution in [0.15, 0.2) is 46.6 Å². The first-order chi connectivity index (χ1) is 5.97. The Balaban J connectivity index is 2.26.